The van der Waals surface area contributed by atoms with Crippen molar-refractivity contribution in [1.29, 1.82) is 0 Å². The van der Waals surface area contributed by atoms with Crippen LogP contribution < -0.4 is 10.6 Å². The third-order valence-corrected chi connectivity index (χ3v) is 3.37. The molecule has 1 aliphatic heterocycles. The van der Waals surface area contributed by atoms with Gasteiger partial charge in [0.05, 0.1) is 5.70 Å². The molecule has 1 heterocycles. The lowest BCUT2D eigenvalue weighted by molar-refractivity contribution is 0.0523. The van der Waals surface area contributed by atoms with E-state index in [4.69, 9.17) is 9.47 Å². The van der Waals surface area contributed by atoms with E-state index in [0.717, 1.165) is 16.7 Å². The van der Waals surface area contributed by atoms with Crippen LogP contribution in [0.5, 0.6) is 0 Å². The molecular weight excluding hydrogens is 332 g/mol. The molecule has 1 fully saturated rings. The predicted molar refractivity (Wildman–Crippen MR) is 100 cm³/mol. The highest BCUT2D eigenvalue weighted by Crippen LogP contribution is 2.19. The van der Waals surface area contributed by atoms with Crippen molar-refractivity contribution in [2.24, 2.45) is 0 Å². The highest BCUT2D eigenvalue weighted by molar-refractivity contribution is 5.79. The van der Waals surface area contributed by atoms with Crippen LogP contribution >= 0.6 is 0 Å². The number of cyclic esters (lactones) is 1. The van der Waals surface area contributed by atoms with Gasteiger partial charge in [0, 0.05) is 6.54 Å². The lowest BCUT2D eigenvalue weighted by atomic mass is 10.0. The summed E-state index contributed by atoms with van der Waals surface area (Å²) in [5.74, 6) is 0. The summed E-state index contributed by atoms with van der Waals surface area (Å²) < 4.78 is 10.1. The number of nitrogens with one attached hydrogen (secondary N) is 2. The molecule has 1 aromatic carbocycles. The second-order valence-electron chi connectivity index (χ2n) is 6.78. The first-order valence-electron chi connectivity index (χ1n) is 8.30. The fourth-order valence-corrected chi connectivity index (χ4v) is 2.27. The fourth-order valence-electron chi connectivity index (χ4n) is 2.27. The maximum absolute atomic E-state index is 11.7. The van der Waals surface area contributed by atoms with Gasteiger partial charge in [-0.3, -0.25) is 5.32 Å². The lowest BCUT2D eigenvalue weighted by Crippen LogP contribution is -2.32. The third kappa shape index (κ3) is 6.12. The number of allylic oxidation sites excluding steroid dienone is 4. The summed E-state index contributed by atoms with van der Waals surface area (Å²) in [6.45, 7) is 9.79. The summed E-state index contributed by atoms with van der Waals surface area (Å²) in [7, 11) is 0. The first-order valence-corrected chi connectivity index (χ1v) is 8.30. The van der Waals surface area contributed by atoms with Crippen molar-refractivity contribution in [2.75, 3.05) is 6.61 Å². The Morgan fingerprint density at radius 1 is 1.35 bits per heavy atom. The maximum atomic E-state index is 11.7. The summed E-state index contributed by atoms with van der Waals surface area (Å²) >= 11 is 0. The Bertz CT molecular complexity index is 740. The molecule has 1 aliphatic rings. The molecule has 26 heavy (non-hydrogen) atoms. The molecule has 0 unspecified atom stereocenters. The van der Waals surface area contributed by atoms with Gasteiger partial charge in [-0.1, -0.05) is 43.0 Å². The fraction of sp³-hybridized carbons (Fsp3) is 0.300. The molecule has 6 nitrogen and oxygen atoms in total. The number of benzene rings is 1. The monoisotopic (exact) mass is 356 g/mol. The number of hydrogen-bond acceptors (Lipinski definition) is 4. The van der Waals surface area contributed by atoms with E-state index in [9.17, 15) is 9.59 Å². The van der Waals surface area contributed by atoms with E-state index in [1.807, 2.05) is 57.2 Å². The second-order valence-corrected chi connectivity index (χ2v) is 6.78. The predicted octanol–water partition coefficient (Wildman–Crippen LogP) is 3.90. The van der Waals surface area contributed by atoms with Gasteiger partial charge in [0.2, 0.25) is 0 Å². The summed E-state index contributed by atoms with van der Waals surface area (Å²) in [6, 6.07) is 7.73. The Kier molecular flexibility index (Phi) is 6.22. The van der Waals surface area contributed by atoms with E-state index >= 15 is 0 Å². The van der Waals surface area contributed by atoms with Crippen molar-refractivity contribution in [1.82, 2.24) is 10.6 Å². The highest BCUT2D eigenvalue weighted by Gasteiger charge is 2.16. The summed E-state index contributed by atoms with van der Waals surface area (Å²) in [5, 5.41) is 5.36. The SMILES string of the molecule is C=C/C=C(\C=C1/COC(=O)N1)c1ccc(CNC(=O)OC(C)(C)C)cc1. The minimum Gasteiger partial charge on any atom is -0.444 e. The van der Waals surface area contributed by atoms with E-state index in [2.05, 4.69) is 17.2 Å². The maximum Gasteiger partial charge on any atom is 0.411 e. The molecule has 6 heteroatoms. The van der Waals surface area contributed by atoms with E-state index in [1.165, 1.54) is 0 Å². The van der Waals surface area contributed by atoms with Crippen molar-refractivity contribution >= 4 is 17.8 Å². The molecule has 2 N–H and O–H groups in total. The molecule has 1 aromatic rings. The molecule has 0 spiro atoms. The van der Waals surface area contributed by atoms with Crippen molar-refractivity contribution in [3.05, 3.63) is 65.9 Å². The molecule has 0 aromatic heterocycles. The second kappa shape index (κ2) is 8.38. The van der Waals surface area contributed by atoms with Crippen LogP contribution in [0.25, 0.3) is 5.57 Å². The minimum absolute atomic E-state index is 0.227. The summed E-state index contributed by atoms with van der Waals surface area (Å²) in [5.41, 5.74) is 2.97. The van der Waals surface area contributed by atoms with E-state index in [0.29, 0.717) is 12.2 Å². The average molecular weight is 356 g/mol. The van der Waals surface area contributed by atoms with Gasteiger partial charge in [-0.05, 0) is 43.5 Å². The van der Waals surface area contributed by atoms with Crippen molar-refractivity contribution in [3.63, 3.8) is 0 Å². The highest BCUT2D eigenvalue weighted by atomic mass is 16.6. The van der Waals surface area contributed by atoms with Crippen LogP contribution in [0.1, 0.15) is 31.9 Å². The third-order valence-electron chi connectivity index (χ3n) is 3.37. The van der Waals surface area contributed by atoms with Crippen LogP contribution in [0, 0.1) is 0 Å². The van der Waals surface area contributed by atoms with Crippen LogP contribution in [0.2, 0.25) is 0 Å². The lowest BCUT2D eigenvalue weighted by Gasteiger charge is -2.19. The van der Waals surface area contributed by atoms with Crippen molar-refractivity contribution < 1.29 is 19.1 Å². The Morgan fingerprint density at radius 2 is 2.04 bits per heavy atom. The normalized spacial score (nSPS) is 16.0. The number of hydrogen-bond donors (Lipinski definition) is 2. The summed E-state index contributed by atoms with van der Waals surface area (Å²) in [4.78, 5) is 22.8. The van der Waals surface area contributed by atoms with Gasteiger partial charge in [0.1, 0.15) is 12.2 Å². The Morgan fingerprint density at radius 3 is 2.58 bits per heavy atom. The van der Waals surface area contributed by atoms with Gasteiger partial charge in [0.15, 0.2) is 0 Å². The minimum atomic E-state index is -0.523. The zero-order chi connectivity index (χ0) is 19.2. The molecule has 0 bridgehead atoms. The molecule has 0 atom stereocenters. The van der Waals surface area contributed by atoms with Gasteiger partial charge in [-0.2, -0.15) is 0 Å². The molecule has 0 saturated carbocycles. The molecule has 0 aliphatic carbocycles. The number of amides is 2. The Balaban J connectivity index is 2.02. The van der Waals surface area contributed by atoms with Crippen LogP contribution in [0.15, 0.2) is 54.8 Å². The van der Waals surface area contributed by atoms with Gasteiger partial charge in [-0.15, -0.1) is 0 Å². The van der Waals surface area contributed by atoms with Gasteiger partial charge >= 0.3 is 12.2 Å². The Labute approximate surface area is 153 Å². The first kappa shape index (κ1) is 19.3. The number of ether oxygens (including phenoxy) is 2. The van der Waals surface area contributed by atoms with Gasteiger partial charge < -0.3 is 14.8 Å². The zero-order valence-electron chi connectivity index (χ0n) is 15.3. The van der Waals surface area contributed by atoms with E-state index in [1.54, 1.807) is 6.08 Å². The van der Waals surface area contributed by atoms with Gasteiger partial charge in [0.25, 0.3) is 0 Å². The van der Waals surface area contributed by atoms with Crippen LogP contribution in [-0.4, -0.2) is 24.4 Å². The van der Waals surface area contributed by atoms with Crippen molar-refractivity contribution in [3.8, 4) is 0 Å². The topological polar surface area (TPSA) is 76.7 Å². The van der Waals surface area contributed by atoms with Crippen LogP contribution in [0.4, 0.5) is 9.59 Å². The largest absolute Gasteiger partial charge is 0.444 e. The molecule has 2 amide bonds. The quantitative estimate of drug-likeness (QED) is 0.785. The van der Waals surface area contributed by atoms with Crippen LogP contribution in [0.3, 0.4) is 0 Å². The standard InChI is InChI=1S/C20H24N2O4/c1-5-6-16(11-17-13-25-19(24)22-17)15-9-7-14(8-10-15)12-21-18(23)26-20(2,3)4/h5-11H,1,12-13H2,2-4H3,(H,21,23)(H,22,24)/b16-6+,17-11+. The van der Waals surface area contributed by atoms with Crippen LogP contribution in [-0.2, 0) is 16.0 Å². The number of rotatable bonds is 5. The number of alkyl carbamates (subject to hydrolysis) is 2. The van der Waals surface area contributed by atoms with E-state index in [-0.39, 0.29) is 6.61 Å². The Hall–Kier alpha value is -3.02. The molecule has 1 saturated heterocycles. The smallest absolute Gasteiger partial charge is 0.411 e. The van der Waals surface area contributed by atoms with Gasteiger partial charge in [-0.25, -0.2) is 9.59 Å². The summed E-state index contributed by atoms with van der Waals surface area (Å²) in [6.07, 6.45) is 4.49. The molecular formula is C20H24N2O4. The first-order chi connectivity index (χ1) is 12.3. The average Bonchev–Trinajstić information content (AvgIpc) is 2.96. The molecule has 0 radical (unpaired) electrons. The number of carbonyl (C=O) groups is 2. The number of carbonyl (C=O) groups excluding carboxylic acids is 2. The molecule has 138 valence electrons. The van der Waals surface area contributed by atoms with Crippen molar-refractivity contribution in [2.45, 2.75) is 32.9 Å². The molecule has 2 rings (SSSR count). The van der Waals surface area contributed by atoms with E-state index < -0.39 is 17.8 Å². The zero-order valence-corrected chi connectivity index (χ0v) is 15.3.